The van der Waals surface area contributed by atoms with Crippen LogP contribution >= 0.6 is 0 Å². The molecule has 2 aromatic carbocycles. The maximum atomic E-state index is 12.3. The number of Topliss-reactive ketones (excluding diaryl/α,β-unsaturated/α-hetero) is 1. The average molecular weight is 416 g/mol. The van der Waals surface area contributed by atoms with Crippen molar-refractivity contribution in [3.05, 3.63) is 47.0 Å². The quantitative estimate of drug-likeness (QED) is 0.496. The van der Waals surface area contributed by atoms with E-state index in [0.717, 1.165) is 16.7 Å². The third-order valence-electron chi connectivity index (χ3n) is 5.38. The molecule has 3 rings (SSSR count). The lowest BCUT2D eigenvalue weighted by atomic mass is 9.93. The van der Waals surface area contributed by atoms with E-state index in [2.05, 4.69) is 0 Å². The van der Waals surface area contributed by atoms with Gasteiger partial charge in [-0.3, -0.25) is 4.79 Å². The van der Waals surface area contributed by atoms with Crippen LogP contribution in [0.5, 0.6) is 23.0 Å². The largest absolute Gasteiger partial charge is 0.504 e. The molecule has 1 aliphatic rings. The van der Waals surface area contributed by atoms with Gasteiger partial charge in [0.2, 0.25) is 0 Å². The van der Waals surface area contributed by atoms with E-state index in [1.807, 2.05) is 0 Å². The maximum absolute atomic E-state index is 12.3. The Morgan fingerprint density at radius 1 is 1.20 bits per heavy atom. The molecule has 0 fully saturated rings. The van der Waals surface area contributed by atoms with E-state index < -0.39 is 12.4 Å². The lowest BCUT2D eigenvalue weighted by Crippen LogP contribution is -2.23. The molecule has 162 valence electrons. The Morgan fingerprint density at radius 3 is 2.73 bits per heavy atom. The predicted molar refractivity (Wildman–Crippen MR) is 110 cm³/mol. The number of phenolic OH excluding ortho intramolecular Hbond substituents is 2. The number of carbonyl (C=O) groups excluding carboxylic acids is 1. The Kier molecular flexibility index (Phi) is 7.18. The molecule has 2 aromatic rings. The van der Waals surface area contributed by atoms with Gasteiger partial charge in [-0.15, -0.1) is 0 Å². The monoisotopic (exact) mass is 416 g/mol. The number of methoxy groups -OCH3 is 1. The Bertz CT molecular complexity index is 893. The lowest BCUT2D eigenvalue weighted by Gasteiger charge is -2.25. The molecule has 4 N–H and O–H groups in total. The normalized spacial score (nSPS) is 16.4. The Labute approximate surface area is 175 Å². The van der Waals surface area contributed by atoms with Gasteiger partial charge in [0.25, 0.3) is 0 Å². The predicted octanol–water partition coefficient (Wildman–Crippen LogP) is 2.64. The van der Waals surface area contributed by atoms with Crippen LogP contribution in [0.4, 0.5) is 0 Å². The molecule has 0 saturated carbocycles. The van der Waals surface area contributed by atoms with Crippen molar-refractivity contribution in [3.63, 3.8) is 0 Å². The van der Waals surface area contributed by atoms with Gasteiger partial charge in [0.05, 0.1) is 13.2 Å². The summed E-state index contributed by atoms with van der Waals surface area (Å²) in [5, 5.41) is 39.5. The molecule has 0 radical (unpaired) electrons. The van der Waals surface area contributed by atoms with Gasteiger partial charge in [-0.1, -0.05) is 12.1 Å². The number of fused-ring (bicyclic) bond motifs is 1. The molecule has 0 bridgehead atoms. The summed E-state index contributed by atoms with van der Waals surface area (Å²) in [6.07, 6.45) is 1.20. The molecule has 2 unspecified atom stereocenters. The van der Waals surface area contributed by atoms with Crippen LogP contribution in [0.3, 0.4) is 0 Å². The molecule has 1 heterocycles. The summed E-state index contributed by atoms with van der Waals surface area (Å²) in [5.74, 6) is 0.692. The minimum Gasteiger partial charge on any atom is -0.504 e. The van der Waals surface area contributed by atoms with Gasteiger partial charge in [-0.25, -0.2) is 0 Å². The van der Waals surface area contributed by atoms with E-state index in [4.69, 9.17) is 9.47 Å². The average Bonchev–Trinajstić information content (AvgIpc) is 2.73. The van der Waals surface area contributed by atoms with Crippen molar-refractivity contribution in [1.29, 1.82) is 0 Å². The van der Waals surface area contributed by atoms with Gasteiger partial charge >= 0.3 is 0 Å². The molecule has 30 heavy (non-hydrogen) atoms. The number of rotatable bonds is 9. The van der Waals surface area contributed by atoms with Gasteiger partial charge in [0.1, 0.15) is 5.78 Å². The molecular weight excluding hydrogens is 388 g/mol. The van der Waals surface area contributed by atoms with Crippen LogP contribution in [-0.2, 0) is 24.1 Å². The molecule has 0 spiro atoms. The van der Waals surface area contributed by atoms with E-state index in [1.165, 1.54) is 19.2 Å². The van der Waals surface area contributed by atoms with Crippen molar-refractivity contribution >= 4 is 5.78 Å². The summed E-state index contributed by atoms with van der Waals surface area (Å²) in [5.41, 5.74) is 2.67. The highest BCUT2D eigenvalue weighted by molar-refractivity contribution is 5.79. The van der Waals surface area contributed by atoms with Crippen molar-refractivity contribution in [2.45, 2.75) is 57.3 Å². The summed E-state index contributed by atoms with van der Waals surface area (Å²) in [6.45, 7) is 0. The number of hydrogen-bond donors (Lipinski definition) is 4. The van der Waals surface area contributed by atoms with E-state index in [0.29, 0.717) is 50.0 Å². The zero-order valence-electron chi connectivity index (χ0n) is 17.0. The molecule has 7 nitrogen and oxygen atoms in total. The first-order chi connectivity index (χ1) is 14.4. The number of ketones is 1. The van der Waals surface area contributed by atoms with Gasteiger partial charge in [-0.2, -0.15) is 0 Å². The third kappa shape index (κ3) is 5.43. The van der Waals surface area contributed by atoms with Gasteiger partial charge in [-0.05, 0) is 55.0 Å². The minimum absolute atomic E-state index is 0.00547. The molecule has 1 aliphatic heterocycles. The number of aliphatic hydroxyl groups is 2. The standard InChI is InChI=1S/C23H28O7/c1-29-21-12-14(3-9-19(21)26)2-6-16(24)13-17(25)7-4-15-5-10-20(27)23-18(15)8-11-22(28)30-23/h3,5,9-10,12,17,22,25-28H,2,4,6-8,11,13H2,1H3. The molecule has 0 aliphatic carbocycles. The van der Waals surface area contributed by atoms with Crippen LogP contribution < -0.4 is 9.47 Å². The fourth-order valence-electron chi connectivity index (χ4n) is 3.71. The molecule has 2 atom stereocenters. The summed E-state index contributed by atoms with van der Waals surface area (Å²) in [7, 11) is 1.47. The number of hydrogen-bond acceptors (Lipinski definition) is 7. The van der Waals surface area contributed by atoms with Gasteiger partial charge < -0.3 is 29.9 Å². The van der Waals surface area contributed by atoms with Crippen LogP contribution in [0.2, 0.25) is 0 Å². The summed E-state index contributed by atoms with van der Waals surface area (Å²) < 4.78 is 10.4. The highest BCUT2D eigenvalue weighted by Gasteiger charge is 2.23. The molecule has 0 aromatic heterocycles. The molecule has 0 saturated heterocycles. The van der Waals surface area contributed by atoms with Crippen LogP contribution in [0.25, 0.3) is 0 Å². The third-order valence-corrected chi connectivity index (χ3v) is 5.38. The second kappa shape index (κ2) is 9.82. The van der Waals surface area contributed by atoms with E-state index >= 15 is 0 Å². The number of aromatic hydroxyl groups is 2. The number of phenols is 2. The van der Waals surface area contributed by atoms with Crippen molar-refractivity contribution in [2.24, 2.45) is 0 Å². The van der Waals surface area contributed by atoms with Crippen molar-refractivity contribution in [3.8, 4) is 23.0 Å². The second-order valence-corrected chi connectivity index (χ2v) is 7.60. The fraction of sp³-hybridized carbons (Fsp3) is 0.435. The number of aliphatic hydroxyl groups excluding tert-OH is 2. The van der Waals surface area contributed by atoms with E-state index in [1.54, 1.807) is 18.2 Å². The smallest absolute Gasteiger partial charge is 0.197 e. The number of benzene rings is 2. The van der Waals surface area contributed by atoms with Crippen molar-refractivity contribution in [2.75, 3.05) is 7.11 Å². The van der Waals surface area contributed by atoms with Crippen LogP contribution in [0.15, 0.2) is 30.3 Å². The van der Waals surface area contributed by atoms with Crippen molar-refractivity contribution < 1.29 is 34.7 Å². The Balaban J connectivity index is 1.50. The second-order valence-electron chi connectivity index (χ2n) is 7.60. The lowest BCUT2D eigenvalue weighted by molar-refractivity contribution is -0.121. The highest BCUT2D eigenvalue weighted by atomic mass is 16.6. The van der Waals surface area contributed by atoms with Crippen LogP contribution in [0.1, 0.15) is 42.4 Å². The molecular formula is C23H28O7. The van der Waals surface area contributed by atoms with Crippen LogP contribution in [0, 0.1) is 0 Å². The summed E-state index contributed by atoms with van der Waals surface area (Å²) in [6, 6.07) is 8.30. The Hall–Kier alpha value is -2.77. The number of aryl methyl sites for hydroxylation is 2. The zero-order valence-corrected chi connectivity index (χ0v) is 17.0. The van der Waals surface area contributed by atoms with Crippen molar-refractivity contribution in [1.82, 2.24) is 0 Å². The summed E-state index contributed by atoms with van der Waals surface area (Å²) >= 11 is 0. The van der Waals surface area contributed by atoms with Gasteiger partial charge in [0, 0.05) is 24.8 Å². The minimum atomic E-state index is -0.921. The fourth-order valence-corrected chi connectivity index (χ4v) is 3.71. The first-order valence-electron chi connectivity index (χ1n) is 10.1. The summed E-state index contributed by atoms with van der Waals surface area (Å²) in [4.78, 5) is 12.3. The SMILES string of the molecule is COc1cc(CCC(=O)CC(O)CCc2ccc(O)c3c2CCC(O)O3)ccc1O. The Morgan fingerprint density at radius 2 is 1.97 bits per heavy atom. The number of carbonyl (C=O) groups is 1. The molecule has 0 amide bonds. The van der Waals surface area contributed by atoms with Gasteiger partial charge in [0.15, 0.2) is 29.3 Å². The van der Waals surface area contributed by atoms with E-state index in [-0.39, 0.29) is 23.7 Å². The topological polar surface area (TPSA) is 116 Å². The molecule has 7 heteroatoms. The number of ether oxygens (including phenoxy) is 2. The first kappa shape index (κ1) is 21.9. The van der Waals surface area contributed by atoms with Crippen LogP contribution in [-0.4, -0.2) is 45.7 Å². The highest BCUT2D eigenvalue weighted by Crippen LogP contribution is 2.38. The first-order valence-corrected chi connectivity index (χ1v) is 10.1. The maximum Gasteiger partial charge on any atom is 0.197 e. The van der Waals surface area contributed by atoms with E-state index in [9.17, 15) is 25.2 Å². The zero-order chi connectivity index (χ0) is 21.7.